The molecule has 9 heteroatoms. The Hall–Kier alpha value is -3.30. The van der Waals surface area contributed by atoms with Crippen molar-refractivity contribution in [1.82, 2.24) is 29.4 Å². The number of allylic oxidation sites excluding steroid dienone is 1. The van der Waals surface area contributed by atoms with Crippen LogP contribution >= 0.6 is 0 Å². The average Bonchev–Trinajstić information content (AvgIpc) is 3.10. The SMILES string of the molecule is CN(C)CCC1(N(C)c2ncnc(-c3cn(C)c4ncccc34)n2)C=CC(N)=CC1N. The lowest BCUT2D eigenvalue weighted by Crippen LogP contribution is -2.59. The molecule has 0 bridgehead atoms. The van der Waals surface area contributed by atoms with Crippen molar-refractivity contribution >= 4 is 17.0 Å². The van der Waals surface area contributed by atoms with Crippen LogP contribution in [0.5, 0.6) is 0 Å². The molecule has 0 amide bonds. The lowest BCUT2D eigenvalue weighted by molar-refractivity contribution is 0.323. The molecule has 3 heterocycles. The van der Waals surface area contributed by atoms with Gasteiger partial charge in [-0.25, -0.2) is 15.0 Å². The third-order valence-electron chi connectivity index (χ3n) is 5.93. The number of aromatic nitrogens is 5. The smallest absolute Gasteiger partial charge is 0.229 e. The van der Waals surface area contributed by atoms with Gasteiger partial charge in [-0.3, -0.25) is 0 Å². The van der Waals surface area contributed by atoms with E-state index in [0.29, 0.717) is 17.5 Å². The number of aryl methyl sites for hydroxylation is 1. The number of hydrogen-bond donors (Lipinski definition) is 2. The van der Waals surface area contributed by atoms with E-state index in [1.807, 2.05) is 68.1 Å². The Bertz CT molecular complexity index is 1150. The predicted octanol–water partition coefficient (Wildman–Crippen LogP) is 1.29. The molecule has 4 rings (SSSR count). The molecule has 3 aromatic heterocycles. The minimum Gasteiger partial charge on any atom is -0.399 e. The molecule has 9 nitrogen and oxygen atoms in total. The van der Waals surface area contributed by atoms with E-state index < -0.39 is 5.54 Å². The van der Waals surface area contributed by atoms with Crippen LogP contribution in [0, 0.1) is 0 Å². The molecule has 1 aliphatic rings. The summed E-state index contributed by atoms with van der Waals surface area (Å²) in [6, 6.07) is 3.64. The maximum absolute atomic E-state index is 6.61. The van der Waals surface area contributed by atoms with Gasteiger partial charge in [-0.1, -0.05) is 6.08 Å². The molecule has 0 fully saturated rings. The molecule has 0 spiro atoms. The van der Waals surface area contributed by atoms with Crippen molar-refractivity contribution < 1.29 is 0 Å². The second kappa shape index (κ2) is 8.09. The van der Waals surface area contributed by atoms with Gasteiger partial charge in [0, 0.05) is 49.7 Å². The fraction of sp³-hybridized carbons (Fsp3) is 0.364. The standard InChI is InChI=1S/C22H29N9/c1-29(2)11-9-22(8-7-15(23)12-18(22)24)31(4)21-27-14-26-19(28-21)17-13-30(3)20-16(17)6-5-10-25-20/h5-8,10,12-14,18H,9,11,23-24H2,1-4H3. The lowest BCUT2D eigenvalue weighted by atomic mass is 9.81. The molecule has 0 saturated carbocycles. The van der Waals surface area contributed by atoms with E-state index in [1.165, 1.54) is 0 Å². The van der Waals surface area contributed by atoms with Crippen molar-refractivity contribution in [1.29, 1.82) is 0 Å². The summed E-state index contributed by atoms with van der Waals surface area (Å²) in [5, 5.41) is 0.997. The van der Waals surface area contributed by atoms with Gasteiger partial charge in [0.15, 0.2) is 5.82 Å². The quantitative estimate of drug-likeness (QED) is 0.614. The first-order valence-corrected chi connectivity index (χ1v) is 10.2. The average molecular weight is 420 g/mol. The Labute approximate surface area is 182 Å². The van der Waals surface area contributed by atoms with E-state index in [0.717, 1.165) is 29.6 Å². The van der Waals surface area contributed by atoms with Crippen molar-refractivity contribution in [3.8, 4) is 11.4 Å². The summed E-state index contributed by atoms with van der Waals surface area (Å²) in [5.41, 5.74) is 14.6. The van der Waals surface area contributed by atoms with Crippen molar-refractivity contribution in [2.75, 3.05) is 32.6 Å². The summed E-state index contributed by atoms with van der Waals surface area (Å²) in [5.74, 6) is 1.15. The van der Waals surface area contributed by atoms with Gasteiger partial charge in [0.25, 0.3) is 0 Å². The molecule has 0 aromatic carbocycles. The molecule has 1 aliphatic carbocycles. The highest BCUT2D eigenvalue weighted by Crippen LogP contribution is 2.33. The van der Waals surface area contributed by atoms with Gasteiger partial charge < -0.3 is 25.8 Å². The van der Waals surface area contributed by atoms with Gasteiger partial charge in [0.2, 0.25) is 5.95 Å². The van der Waals surface area contributed by atoms with E-state index in [1.54, 1.807) is 12.5 Å². The van der Waals surface area contributed by atoms with E-state index in [4.69, 9.17) is 16.5 Å². The van der Waals surface area contributed by atoms with Crippen LogP contribution in [0.1, 0.15) is 6.42 Å². The van der Waals surface area contributed by atoms with E-state index in [2.05, 4.69) is 25.9 Å². The first-order valence-electron chi connectivity index (χ1n) is 10.2. The van der Waals surface area contributed by atoms with E-state index in [-0.39, 0.29) is 6.04 Å². The molecular formula is C22H29N9. The fourth-order valence-electron chi connectivity index (χ4n) is 4.07. The van der Waals surface area contributed by atoms with Crippen LogP contribution in [0.3, 0.4) is 0 Å². The number of rotatable bonds is 6. The largest absolute Gasteiger partial charge is 0.399 e. The Morgan fingerprint density at radius 2 is 2.00 bits per heavy atom. The van der Waals surface area contributed by atoms with Gasteiger partial charge in [0.05, 0.1) is 11.6 Å². The molecule has 0 aliphatic heterocycles. The molecular weight excluding hydrogens is 390 g/mol. The second-order valence-electron chi connectivity index (χ2n) is 8.27. The maximum Gasteiger partial charge on any atom is 0.229 e. The number of pyridine rings is 1. The summed E-state index contributed by atoms with van der Waals surface area (Å²) < 4.78 is 1.98. The van der Waals surface area contributed by atoms with E-state index >= 15 is 0 Å². The highest BCUT2D eigenvalue weighted by atomic mass is 15.3. The van der Waals surface area contributed by atoms with Gasteiger partial charge in [0.1, 0.15) is 12.0 Å². The van der Waals surface area contributed by atoms with E-state index in [9.17, 15) is 0 Å². The summed E-state index contributed by atoms with van der Waals surface area (Å²) in [4.78, 5) is 22.4. The zero-order valence-electron chi connectivity index (χ0n) is 18.4. The summed E-state index contributed by atoms with van der Waals surface area (Å²) in [6.07, 6.45) is 12.0. The lowest BCUT2D eigenvalue weighted by Gasteiger charge is -2.45. The van der Waals surface area contributed by atoms with Crippen LogP contribution in [0.2, 0.25) is 0 Å². The molecule has 4 N–H and O–H groups in total. The Balaban J connectivity index is 1.75. The number of nitrogens with zero attached hydrogens (tertiary/aromatic N) is 7. The highest BCUT2D eigenvalue weighted by Gasteiger charge is 2.40. The molecule has 0 saturated heterocycles. The number of hydrogen-bond acceptors (Lipinski definition) is 8. The zero-order chi connectivity index (χ0) is 22.2. The summed E-state index contributed by atoms with van der Waals surface area (Å²) in [6.45, 7) is 0.850. The monoisotopic (exact) mass is 419 g/mol. The molecule has 0 radical (unpaired) electrons. The highest BCUT2D eigenvalue weighted by molar-refractivity contribution is 5.92. The fourth-order valence-corrected chi connectivity index (χ4v) is 4.07. The Morgan fingerprint density at radius 1 is 1.19 bits per heavy atom. The first-order chi connectivity index (χ1) is 14.8. The van der Waals surface area contributed by atoms with Crippen molar-refractivity contribution in [2.45, 2.75) is 18.0 Å². The molecule has 2 unspecified atom stereocenters. The van der Waals surface area contributed by atoms with Gasteiger partial charge in [-0.05, 0) is 44.8 Å². The van der Waals surface area contributed by atoms with Crippen LogP contribution < -0.4 is 16.4 Å². The van der Waals surface area contributed by atoms with Crippen LogP contribution in [-0.2, 0) is 7.05 Å². The third kappa shape index (κ3) is 3.77. The van der Waals surface area contributed by atoms with Crippen LogP contribution in [0.4, 0.5) is 5.95 Å². The predicted molar refractivity (Wildman–Crippen MR) is 123 cm³/mol. The van der Waals surface area contributed by atoms with Crippen molar-refractivity contribution in [3.63, 3.8) is 0 Å². The van der Waals surface area contributed by atoms with Crippen LogP contribution in [0.25, 0.3) is 22.4 Å². The van der Waals surface area contributed by atoms with Crippen molar-refractivity contribution in [2.24, 2.45) is 18.5 Å². The Kier molecular flexibility index (Phi) is 5.47. The van der Waals surface area contributed by atoms with Crippen LogP contribution in [-0.4, -0.2) is 68.7 Å². The molecule has 162 valence electrons. The third-order valence-corrected chi connectivity index (χ3v) is 5.93. The summed E-state index contributed by atoms with van der Waals surface area (Å²) >= 11 is 0. The van der Waals surface area contributed by atoms with Gasteiger partial charge >= 0.3 is 0 Å². The second-order valence-corrected chi connectivity index (χ2v) is 8.27. The maximum atomic E-state index is 6.61. The van der Waals surface area contributed by atoms with Gasteiger partial charge in [-0.15, -0.1) is 0 Å². The Morgan fingerprint density at radius 3 is 2.74 bits per heavy atom. The van der Waals surface area contributed by atoms with Crippen LogP contribution in [0.15, 0.2) is 54.8 Å². The minimum atomic E-state index is -0.508. The zero-order valence-corrected chi connectivity index (χ0v) is 18.4. The number of anilines is 1. The molecule has 3 aromatic rings. The number of likely N-dealkylation sites (N-methyl/N-ethyl adjacent to an activating group) is 1. The molecule has 31 heavy (non-hydrogen) atoms. The number of fused-ring (bicyclic) bond motifs is 1. The first kappa shape index (κ1) is 21.0. The van der Waals surface area contributed by atoms with Crippen molar-refractivity contribution in [3.05, 3.63) is 54.8 Å². The summed E-state index contributed by atoms with van der Waals surface area (Å²) in [7, 11) is 8.03. The number of nitrogens with two attached hydrogens (primary N) is 2. The van der Waals surface area contributed by atoms with Gasteiger partial charge in [-0.2, -0.15) is 4.98 Å². The molecule has 2 atom stereocenters. The normalized spacial score (nSPS) is 21.0. The minimum absolute atomic E-state index is 0.301. The topological polar surface area (TPSA) is 115 Å².